The van der Waals surface area contributed by atoms with Gasteiger partial charge in [0.1, 0.15) is 0 Å². The Labute approximate surface area is 83.6 Å². The fourth-order valence-electron chi connectivity index (χ4n) is 1.46. The first kappa shape index (κ1) is 10.7. The molecule has 76 valence electrons. The van der Waals surface area contributed by atoms with Crippen molar-refractivity contribution in [3.63, 3.8) is 0 Å². The zero-order chi connectivity index (χ0) is 10.7. The SMILES string of the molecule is Cc1ccc(C)c(C(N)CC(=O)O)c1. The van der Waals surface area contributed by atoms with Crippen LogP contribution in [0.4, 0.5) is 0 Å². The molecule has 0 radical (unpaired) electrons. The third-order valence-corrected chi connectivity index (χ3v) is 2.23. The molecule has 3 N–H and O–H groups in total. The number of hydrogen-bond acceptors (Lipinski definition) is 2. The van der Waals surface area contributed by atoms with Crippen molar-refractivity contribution in [2.24, 2.45) is 5.73 Å². The Balaban J connectivity index is 2.93. The van der Waals surface area contributed by atoms with Gasteiger partial charge in [0.15, 0.2) is 0 Å². The number of carboxylic acids is 1. The van der Waals surface area contributed by atoms with Gasteiger partial charge in [0, 0.05) is 6.04 Å². The Morgan fingerprint density at radius 3 is 2.71 bits per heavy atom. The average molecular weight is 193 g/mol. The molecular formula is C11H15NO2. The quantitative estimate of drug-likeness (QED) is 0.769. The molecule has 1 atom stereocenters. The predicted octanol–water partition coefficient (Wildman–Crippen LogP) is 1.78. The van der Waals surface area contributed by atoms with Gasteiger partial charge in [-0.1, -0.05) is 23.8 Å². The van der Waals surface area contributed by atoms with E-state index in [1.165, 1.54) is 0 Å². The smallest absolute Gasteiger partial charge is 0.305 e. The summed E-state index contributed by atoms with van der Waals surface area (Å²) in [6.45, 7) is 3.91. The number of aryl methyl sites for hydroxylation is 2. The molecule has 0 aromatic heterocycles. The van der Waals surface area contributed by atoms with E-state index in [0.29, 0.717) is 0 Å². The highest BCUT2D eigenvalue weighted by atomic mass is 16.4. The van der Waals surface area contributed by atoms with Gasteiger partial charge >= 0.3 is 5.97 Å². The maximum Gasteiger partial charge on any atom is 0.305 e. The van der Waals surface area contributed by atoms with Gasteiger partial charge in [-0.15, -0.1) is 0 Å². The maximum atomic E-state index is 10.5. The van der Waals surface area contributed by atoms with Crippen molar-refractivity contribution in [2.75, 3.05) is 0 Å². The Morgan fingerprint density at radius 1 is 1.50 bits per heavy atom. The monoisotopic (exact) mass is 193 g/mol. The van der Waals surface area contributed by atoms with Gasteiger partial charge in [0.05, 0.1) is 6.42 Å². The number of carboxylic acid groups (broad SMARTS) is 1. The highest BCUT2D eigenvalue weighted by Crippen LogP contribution is 2.19. The molecule has 0 amide bonds. The summed E-state index contributed by atoms with van der Waals surface area (Å²) >= 11 is 0. The minimum Gasteiger partial charge on any atom is -0.481 e. The van der Waals surface area contributed by atoms with E-state index in [1.54, 1.807) is 0 Å². The van der Waals surface area contributed by atoms with Crippen molar-refractivity contribution < 1.29 is 9.90 Å². The topological polar surface area (TPSA) is 63.3 Å². The van der Waals surface area contributed by atoms with E-state index < -0.39 is 12.0 Å². The summed E-state index contributed by atoms with van der Waals surface area (Å²) in [6.07, 6.45) is -0.0235. The second-order valence-corrected chi connectivity index (χ2v) is 3.56. The molecule has 0 saturated heterocycles. The molecule has 1 aromatic carbocycles. The van der Waals surface area contributed by atoms with E-state index in [9.17, 15) is 4.79 Å². The van der Waals surface area contributed by atoms with Crippen molar-refractivity contribution in [3.8, 4) is 0 Å². The number of rotatable bonds is 3. The molecule has 0 saturated carbocycles. The van der Waals surface area contributed by atoms with Gasteiger partial charge in [-0.05, 0) is 25.0 Å². The van der Waals surface area contributed by atoms with Crippen LogP contribution in [0, 0.1) is 13.8 Å². The van der Waals surface area contributed by atoms with E-state index in [-0.39, 0.29) is 6.42 Å². The number of nitrogens with two attached hydrogens (primary N) is 1. The van der Waals surface area contributed by atoms with Crippen molar-refractivity contribution in [1.82, 2.24) is 0 Å². The molecule has 0 aliphatic heterocycles. The Bertz CT molecular complexity index is 347. The fourth-order valence-corrected chi connectivity index (χ4v) is 1.46. The summed E-state index contributed by atoms with van der Waals surface area (Å²) in [4.78, 5) is 10.5. The van der Waals surface area contributed by atoms with Crippen LogP contribution in [0.15, 0.2) is 18.2 Å². The lowest BCUT2D eigenvalue weighted by molar-refractivity contribution is -0.137. The fraction of sp³-hybridized carbons (Fsp3) is 0.364. The molecule has 3 nitrogen and oxygen atoms in total. The highest BCUT2D eigenvalue weighted by Gasteiger charge is 2.12. The lowest BCUT2D eigenvalue weighted by Crippen LogP contribution is -2.16. The van der Waals surface area contributed by atoms with Crippen LogP contribution in [0.1, 0.15) is 29.2 Å². The normalized spacial score (nSPS) is 12.5. The van der Waals surface area contributed by atoms with Gasteiger partial charge in [0.25, 0.3) is 0 Å². The van der Waals surface area contributed by atoms with Crippen molar-refractivity contribution in [2.45, 2.75) is 26.3 Å². The number of hydrogen-bond donors (Lipinski definition) is 2. The number of benzene rings is 1. The molecule has 0 heterocycles. The van der Waals surface area contributed by atoms with Crippen LogP contribution in [0.25, 0.3) is 0 Å². The van der Waals surface area contributed by atoms with Crippen LogP contribution in [-0.4, -0.2) is 11.1 Å². The standard InChI is InChI=1S/C11H15NO2/c1-7-3-4-8(2)9(5-7)10(12)6-11(13)14/h3-5,10H,6,12H2,1-2H3,(H,13,14). The summed E-state index contributed by atoms with van der Waals surface area (Å²) in [5, 5.41) is 8.63. The largest absolute Gasteiger partial charge is 0.481 e. The van der Waals surface area contributed by atoms with Crippen LogP contribution in [0.2, 0.25) is 0 Å². The van der Waals surface area contributed by atoms with Gasteiger partial charge in [-0.25, -0.2) is 0 Å². The van der Waals surface area contributed by atoms with Crippen molar-refractivity contribution in [1.29, 1.82) is 0 Å². The minimum atomic E-state index is -0.863. The molecule has 1 rings (SSSR count). The average Bonchev–Trinajstić information content (AvgIpc) is 2.08. The van der Waals surface area contributed by atoms with Crippen LogP contribution in [-0.2, 0) is 4.79 Å². The third kappa shape index (κ3) is 2.57. The van der Waals surface area contributed by atoms with Crippen LogP contribution >= 0.6 is 0 Å². The number of carbonyl (C=O) groups is 1. The molecular weight excluding hydrogens is 178 g/mol. The van der Waals surface area contributed by atoms with Gasteiger partial charge in [0.2, 0.25) is 0 Å². The summed E-state index contributed by atoms with van der Waals surface area (Å²) in [6, 6.07) is 5.49. The second kappa shape index (κ2) is 4.24. The molecule has 0 fully saturated rings. The van der Waals surface area contributed by atoms with E-state index in [2.05, 4.69) is 0 Å². The Hall–Kier alpha value is -1.35. The molecule has 0 spiro atoms. The summed E-state index contributed by atoms with van der Waals surface area (Å²) in [5.41, 5.74) is 8.86. The van der Waals surface area contributed by atoms with Gasteiger partial charge < -0.3 is 10.8 Å². The van der Waals surface area contributed by atoms with E-state index in [0.717, 1.165) is 16.7 Å². The molecule has 0 aliphatic carbocycles. The van der Waals surface area contributed by atoms with Crippen molar-refractivity contribution in [3.05, 3.63) is 34.9 Å². The number of aliphatic carboxylic acids is 1. The van der Waals surface area contributed by atoms with Gasteiger partial charge in [-0.2, -0.15) is 0 Å². The lowest BCUT2D eigenvalue weighted by Gasteiger charge is -2.13. The molecule has 1 aromatic rings. The zero-order valence-corrected chi connectivity index (χ0v) is 8.45. The Morgan fingerprint density at radius 2 is 2.14 bits per heavy atom. The first-order valence-electron chi connectivity index (χ1n) is 4.55. The minimum absolute atomic E-state index is 0.0235. The summed E-state index contributed by atoms with van der Waals surface area (Å²) in [5.74, 6) is -0.863. The van der Waals surface area contributed by atoms with E-state index >= 15 is 0 Å². The van der Waals surface area contributed by atoms with Crippen LogP contribution < -0.4 is 5.73 Å². The summed E-state index contributed by atoms with van der Waals surface area (Å²) < 4.78 is 0. The zero-order valence-electron chi connectivity index (χ0n) is 8.45. The molecule has 0 aliphatic rings. The highest BCUT2D eigenvalue weighted by molar-refractivity contribution is 5.68. The predicted molar refractivity (Wildman–Crippen MR) is 55.1 cm³/mol. The van der Waals surface area contributed by atoms with Crippen molar-refractivity contribution >= 4 is 5.97 Å². The first-order chi connectivity index (χ1) is 6.50. The first-order valence-corrected chi connectivity index (χ1v) is 4.55. The van der Waals surface area contributed by atoms with Crippen LogP contribution in [0.3, 0.4) is 0 Å². The maximum absolute atomic E-state index is 10.5. The van der Waals surface area contributed by atoms with E-state index in [1.807, 2.05) is 32.0 Å². The lowest BCUT2D eigenvalue weighted by atomic mass is 9.97. The molecule has 0 bridgehead atoms. The molecule has 1 unspecified atom stereocenters. The Kier molecular flexibility index (Phi) is 3.25. The third-order valence-electron chi connectivity index (χ3n) is 2.23. The second-order valence-electron chi connectivity index (χ2n) is 3.56. The van der Waals surface area contributed by atoms with E-state index in [4.69, 9.17) is 10.8 Å². The summed E-state index contributed by atoms with van der Waals surface area (Å²) in [7, 11) is 0. The van der Waals surface area contributed by atoms with Gasteiger partial charge in [-0.3, -0.25) is 4.79 Å². The molecule has 3 heteroatoms. The molecule has 14 heavy (non-hydrogen) atoms. The van der Waals surface area contributed by atoms with Crippen LogP contribution in [0.5, 0.6) is 0 Å².